The standard InChI is InChI=1S/C17H21N3O3/c21-15(19-11-17(23)7-3-4-8-17)10-18-16(22)14-9-12-5-1-2-6-13(12)20-14/h1-2,5-6,9,20,23H,3-4,7-8,10-11H2,(H,18,22)(H,19,21). The molecule has 4 N–H and O–H groups in total. The zero-order valence-electron chi connectivity index (χ0n) is 12.9. The van der Waals surface area contributed by atoms with Crippen molar-refractivity contribution in [2.24, 2.45) is 0 Å². The van der Waals surface area contributed by atoms with E-state index in [-0.39, 0.29) is 24.9 Å². The van der Waals surface area contributed by atoms with Crippen LogP contribution in [0.4, 0.5) is 0 Å². The molecule has 0 atom stereocenters. The summed E-state index contributed by atoms with van der Waals surface area (Å²) in [6.45, 7) is 0.137. The second kappa shape index (κ2) is 6.42. The summed E-state index contributed by atoms with van der Waals surface area (Å²) < 4.78 is 0. The van der Waals surface area contributed by atoms with Crippen LogP contribution in [-0.4, -0.2) is 40.6 Å². The third kappa shape index (κ3) is 3.71. The fourth-order valence-electron chi connectivity index (χ4n) is 2.99. The molecule has 1 heterocycles. The average Bonchev–Trinajstić information content (AvgIpc) is 3.17. The van der Waals surface area contributed by atoms with E-state index in [1.54, 1.807) is 6.07 Å². The van der Waals surface area contributed by atoms with Gasteiger partial charge in [0.1, 0.15) is 5.69 Å². The minimum Gasteiger partial charge on any atom is -0.388 e. The summed E-state index contributed by atoms with van der Waals surface area (Å²) in [5.74, 6) is -0.620. The Kier molecular flexibility index (Phi) is 4.34. The maximum atomic E-state index is 12.1. The molecule has 0 aliphatic heterocycles. The molecule has 0 saturated heterocycles. The van der Waals surface area contributed by atoms with Crippen LogP contribution in [0.15, 0.2) is 30.3 Å². The van der Waals surface area contributed by atoms with Crippen LogP contribution in [-0.2, 0) is 4.79 Å². The van der Waals surface area contributed by atoms with Crippen LogP contribution in [0.2, 0.25) is 0 Å². The lowest BCUT2D eigenvalue weighted by Gasteiger charge is -2.22. The number of hydrogen-bond donors (Lipinski definition) is 4. The van der Waals surface area contributed by atoms with E-state index in [4.69, 9.17) is 0 Å². The maximum Gasteiger partial charge on any atom is 0.268 e. The van der Waals surface area contributed by atoms with Gasteiger partial charge in [-0.2, -0.15) is 0 Å². The SMILES string of the molecule is O=C(CNC(=O)c1cc2ccccc2[nH]1)NCC1(O)CCCC1. The van der Waals surface area contributed by atoms with Gasteiger partial charge in [0.2, 0.25) is 5.91 Å². The van der Waals surface area contributed by atoms with E-state index in [0.29, 0.717) is 18.5 Å². The molecule has 2 aromatic rings. The number of fused-ring (bicyclic) bond motifs is 1. The molecule has 1 saturated carbocycles. The second-order valence-corrected chi connectivity index (χ2v) is 6.16. The van der Waals surface area contributed by atoms with Crippen molar-refractivity contribution in [2.75, 3.05) is 13.1 Å². The number of carbonyl (C=O) groups excluding carboxylic acids is 2. The van der Waals surface area contributed by atoms with Gasteiger partial charge in [0.05, 0.1) is 12.1 Å². The first-order chi connectivity index (χ1) is 11.1. The van der Waals surface area contributed by atoms with Crippen LogP contribution in [0.25, 0.3) is 10.9 Å². The highest BCUT2D eigenvalue weighted by atomic mass is 16.3. The van der Waals surface area contributed by atoms with Gasteiger partial charge in [-0.3, -0.25) is 9.59 Å². The number of aliphatic hydroxyl groups is 1. The summed E-state index contributed by atoms with van der Waals surface area (Å²) in [5.41, 5.74) is 0.524. The quantitative estimate of drug-likeness (QED) is 0.670. The largest absolute Gasteiger partial charge is 0.388 e. The van der Waals surface area contributed by atoms with Crippen molar-refractivity contribution >= 4 is 22.7 Å². The number of carbonyl (C=O) groups is 2. The highest BCUT2D eigenvalue weighted by molar-refractivity contribution is 5.99. The molecule has 6 nitrogen and oxygen atoms in total. The zero-order chi connectivity index (χ0) is 16.3. The predicted octanol–water partition coefficient (Wildman–Crippen LogP) is 1.32. The number of aromatic amines is 1. The van der Waals surface area contributed by atoms with Crippen LogP contribution in [0, 0.1) is 0 Å². The Morgan fingerprint density at radius 1 is 1.17 bits per heavy atom. The van der Waals surface area contributed by atoms with Crippen LogP contribution in [0.3, 0.4) is 0 Å². The summed E-state index contributed by atoms with van der Waals surface area (Å²) in [4.78, 5) is 26.9. The third-order valence-corrected chi connectivity index (χ3v) is 4.33. The lowest BCUT2D eigenvalue weighted by atomic mass is 10.0. The molecule has 0 bridgehead atoms. The number of benzene rings is 1. The smallest absolute Gasteiger partial charge is 0.268 e. The minimum atomic E-state index is -0.781. The molecule has 23 heavy (non-hydrogen) atoms. The third-order valence-electron chi connectivity index (χ3n) is 4.33. The van der Waals surface area contributed by atoms with Crippen LogP contribution < -0.4 is 10.6 Å². The fourth-order valence-corrected chi connectivity index (χ4v) is 2.99. The van der Waals surface area contributed by atoms with Crippen molar-refractivity contribution in [1.82, 2.24) is 15.6 Å². The van der Waals surface area contributed by atoms with Crippen molar-refractivity contribution in [3.05, 3.63) is 36.0 Å². The van der Waals surface area contributed by atoms with Crippen molar-refractivity contribution < 1.29 is 14.7 Å². The average molecular weight is 315 g/mol. The van der Waals surface area contributed by atoms with Gasteiger partial charge in [-0.1, -0.05) is 31.0 Å². The van der Waals surface area contributed by atoms with Crippen LogP contribution in [0.5, 0.6) is 0 Å². The lowest BCUT2D eigenvalue weighted by molar-refractivity contribution is -0.121. The Hall–Kier alpha value is -2.34. The van der Waals surface area contributed by atoms with Gasteiger partial charge in [-0.05, 0) is 25.0 Å². The number of aromatic nitrogens is 1. The number of rotatable bonds is 5. The molecule has 1 aliphatic rings. The molecule has 2 amide bonds. The molecule has 1 aromatic heterocycles. The first-order valence-corrected chi connectivity index (χ1v) is 7.91. The monoisotopic (exact) mass is 315 g/mol. The molecule has 122 valence electrons. The molecule has 1 fully saturated rings. The summed E-state index contributed by atoms with van der Waals surface area (Å²) >= 11 is 0. The predicted molar refractivity (Wildman–Crippen MR) is 87.1 cm³/mol. The van der Waals surface area contributed by atoms with E-state index in [2.05, 4.69) is 15.6 Å². The van der Waals surface area contributed by atoms with Gasteiger partial charge < -0.3 is 20.7 Å². The number of nitrogens with one attached hydrogen (secondary N) is 3. The van der Waals surface area contributed by atoms with Crippen molar-refractivity contribution in [2.45, 2.75) is 31.3 Å². The molecule has 3 rings (SSSR count). The molecule has 0 radical (unpaired) electrons. The Bertz CT molecular complexity index is 684. The minimum absolute atomic E-state index is 0.107. The summed E-state index contributed by atoms with van der Waals surface area (Å²) in [6, 6.07) is 9.35. The molecule has 1 aromatic carbocycles. The molecule has 0 unspecified atom stereocenters. The molecule has 0 spiro atoms. The first-order valence-electron chi connectivity index (χ1n) is 7.91. The van der Waals surface area contributed by atoms with Crippen molar-refractivity contribution in [3.8, 4) is 0 Å². The molecule has 1 aliphatic carbocycles. The lowest BCUT2D eigenvalue weighted by Crippen LogP contribution is -2.44. The highest BCUT2D eigenvalue weighted by Crippen LogP contribution is 2.28. The molecule has 6 heteroatoms. The fraction of sp³-hybridized carbons (Fsp3) is 0.412. The number of H-pyrrole nitrogens is 1. The van der Waals surface area contributed by atoms with Crippen LogP contribution in [0.1, 0.15) is 36.2 Å². The first kappa shape index (κ1) is 15.6. The van der Waals surface area contributed by atoms with E-state index in [9.17, 15) is 14.7 Å². The Morgan fingerprint density at radius 3 is 2.65 bits per heavy atom. The topological polar surface area (TPSA) is 94.2 Å². The Morgan fingerprint density at radius 2 is 1.91 bits per heavy atom. The molecular formula is C17H21N3O3. The van der Waals surface area contributed by atoms with E-state index in [1.165, 1.54) is 0 Å². The van der Waals surface area contributed by atoms with E-state index >= 15 is 0 Å². The number of hydrogen-bond acceptors (Lipinski definition) is 3. The number of para-hydroxylation sites is 1. The Labute approximate surface area is 134 Å². The normalized spacial score (nSPS) is 16.4. The molecular weight excluding hydrogens is 294 g/mol. The van der Waals surface area contributed by atoms with Gasteiger partial charge >= 0.3 is 0 Å². The summed E-state index contributed by atoms with van der Waals surface area (Å²) in [5, 5.41) is 16.4. The summed E-state index contributed by atoms with van der Waals surface area (Å²) in [6.07, 6.45) is 3.41. The highest BCUT2D eigenvalue weighted by Gasteiger charge is 2.31. The van der Waals surface area contributed by atoms with E-state index in [0.717, 1.165) is 23.7 Å². The van der Waals surface area contributed by atoms with Gasteiger partial charge in [0.25, 0.3) is 5.91 Å². The number of amides is 2. The van der Waals surface area contributed by atoms with Crippen molar-refractivity contribution in [1.29, 1.82) is 0 Å². The summed E-state index contributed by atoms with van der Waals surface area (Å²) in [7, 11) is 0. The van der Waals surface area contributed by atoms with E-state index < -0.39 is 5.60 Å². The van der Waals surface area contributed by atoms with Gasteiger partial charge in [-0.25, -0.2) is 0 Å². The Balaban J connectivity index is 1.49. The zero-order valence-corrected chi connectivity index (χ0v) is 12.9. The second-order valence-electron chi connectivity index (χ2n) is 6.16. The van der Waals surface area contributed by atoms with Gasteiger partial charge in [0.15, 0.2) is 0 Å². The van der Waals surface area contributed by atoms with Gasteiger partial charge in [0, 0.05) is 17.4 Å². The maximum absolute atomic E-state index is 12.1. The van der Waals surface area contributed by atoms with E-state index in [1.807, 2.05) is 24.3 Å². The van der Waals surface area contributed by atoms with Gasteiger partial charge in [-0.15, -0.1) is 0 Å². The van der Waals surface area contributed by atoms with Crippen LogP contribution >= 0.6 is 0 Å². The van der Waals surface area contributed by atoms with Crippen molar-refractivity contribution in [3.63, 3.8) is 0 Å².